The van der Waals surface area contributed by atoms with Crippen molar-refractivity contribution in [2.45, 2.75) is 26.7 Å². The fraction of sp³-hybridized carbons (Fsp3) is 0.400. The van der Waals surface area contributed by atoms with Crippen LogP contribution in [0.15, 0.2) is 36.7 Å². The largest absolute Gasteiger partial charge is 0.466 e. The van der Waals surface area contributed by atoms with E-state index < -0.39 is 6.03 Å². The summed E-state index contributed by atoms with van der Waals surface area (Å²) in [5.41, 5.74) is 7.37. The van der Waals surface area contributed by atoms with Crippen LogP contribution < -0.4 is 26.6 Å². The maximum Gasteiger partial charge on any atom is 0.319 e. The number of esters is 1. The van der Waals surface area contributed by atoms with Crippen molar-refractivity contribution >= 4 is 47.0 Å². The van der Waals surface area contributed by atoms with Crippen molar-refractivity contribution in [1.82, 2.24) is 34.9 Å². The van der Waals surface area contributed by atoms with E-state index >= 15 is 0 Å². The van der Waals surface area contributed by atoms with Gasteiger partial charge < -0.3 is 36.2 Å². The Balaban J connectivity index is 1.35. The predicted octanol–water partition coefficient (Wildman–Crippen LogP) is 1.52. The molecule has 5 N–H and O–H groups in total. The summed E-state index contributed by atoms with van der Waals surface area (Å²) in [5.74, 6) is 1.29. The van der Waals surface area contributed by atoms with Gasteiger partial charge in [0.05, 0.1) is 13.0 Å². The SMILES string of the molecule is CCOC(=O)CCNC(=O)Nc1ccc(Nc2nc(N)n(-c3cc(N4CCCN(C(C)=O)CC4)ncn3)n2)cc1. The lowest BCUT2D eigenvalue weighted by molar-refractivity contribution is -0.142. The average molecular weight is 552 g/mol. The van der Waals surface area contributed by atoms with Gasteiger partial charge in [0.1, 0.15) is 12.1 Å². The molecule has 212 valence electrons. The summed E-state index contributed by atoms with van der Waals surface area (Å²) in [6.07, 6.45) is 2.39. The smallest absolute Gasteiger partial charge is 0.319 e. The number of carbonyl (C=O) groups is 3. The molecule has 0 saturated carbocycles. The van der Waals surface area contributed by atoms with Crippen LogP contribution in [0.1, 0.15) is 26.7 Å². The first-order valence-electron chi connectivity index (χ1n) is 13.0. The lowest BCUT2D eigenvalue weighted by atomic mass is 10.3. The zero-order valence-electron chi connectivity index (χ0n) is 22.5. The molecule has 0 bridgehead atoms. The van der Waals surface area contributed by atoms with Crippen LogP contribution in [0, 0.1) is 0 Å². The lowest BCUT2D eigenvalue weighted by Gasteiger charge is -2.22. The highest BCUT2D eigenvalue weighted by Gasteiger charge is 2.19. The standard InChI is InChI=1S/C25H33N11O4/c1-3-40-22(38)9-10-27-25(39)31-19-7-5-18(6-8-19)30-24-32-23(26)36(33-24)21-15-20(28-16-29-21)35-12-4-11-34(13-14-35)17(2)37/h5-8,15-16H,3-4,9-14H2,1-2H3,(H2,27,31,39)(H3,26,30,32,33). The van der Waals surface area contributed by atoms with E-state index in [1.54, 1.807) is 44.2 Å². The Morgan fingerprint density at radius 1 is 1.02 bits per heavy atom. The molecule has 1 fully saturated rings. The number of nitrogens with one attached hydrogen (secondary N) is 3. The molecule has 15 nitrogen and oxygen atoms in total. The van der Waals surface area contributed by atoms with Gasteiger partial charge in [-0.05, 0) is 37.6 Å². The number of aromatic nitrogens is 5. The van der Waals surface area contributed by atoms with Crippen LogP contribution in [-0.2, 0) is 14.3 Å². The minimum atomic E-state index is -0.432. The zero-order valence-corrected chi connectivity index (χ0v) is 22.5. The second-order valence-electron chi connectivity index (χ2n) is 8.92. The molecule has 0 unspecified atom stereocenters. The van der Waals surface area contributed by atoms with Gasteiger partial charge in [0.15, 0.2) is 5.82 Å². The summed E-state index contributed by atoms with van der Waals surface area (Å²) in [6.45, 7) is 6.56. The second kappa shape index (κ2) is 13.2. The van der Waals surface area contributed by atoms with Gasteiger partial charge >= 0.3 is 12.0 Å². The molecule has 1 aliphatic rings. The Kier molecular flexibility index (Phi) is 9.27. The van der Waals surface area contributed by atoms with E-state index in [0.29, 0.717) is 42.7 Å². The van der Waals surface area contributed by atoms with Crippen LogP contribution in [0.3, 0.4) is 0 Å². The summed E-state index contributed by atoms with van der Waals surface area (Å²) < 4.78 is 6.25. The van der Waals surface area contributed by atoms with Crippen LogP contribution in [0.25, 0.3) is 5.82 Å². The molecular formula is C25H33N11O4. The van der Waals surface area contributed by atoms with E-state index in [4.69, 9.17) is 10.5 Å². The predicted molar refractivity (Wildman–Crippen MR) is 148 cm³/mol. The van der Waals surface area contributed by atoms with Crippen molar-refractivity contribution < 1.29 is 19.1 Å². The summed E-state index contributed by atoms with van der Waals surface area (Å²) in [4.78, 5) is 52.1. The maximum absolute atomic E-state index is 12.0. The number of nitrogen functional groups attached to an aromatic ring is 1. The lowest BCUT2D eigenvalue weighted by Crippen LogP contribution is -2.33. The topological polar surface area (TPSA) is 186 Å². The van der Waals surface area contributed by atoms with Crippen molar-refractivity contribution in [3.63, 3.8) is 0 Å². The van der Waals surface area contributed by atoms with E-state index in [-0.39, 0.29) is 36.7 Å². The molecule has 40 heavy (non-hydrogen) atoms. The van der Waals surface area contributed by atoms with Crippen molar-refractivity contribution in [1.29, 1.82) is 0 Å². The molecular weight excluding hydrogens is 518 g/mol. The Morgan fingerprint density at radius 2 is 1.77 bits per heavy atom. The third-order valence-electron chi connectivity index (χ3n) is 6.07. The molecule has 1 aromatic carbocycles. The molecule has 3 aromatic rings. The third-order valence-corrected chi connectivity index (χ3v) is 6.07. The number of carbonyl (C=O) groups excluding carboxylic acids is 3. The maximum atomic E-state index is 12.0. The van der Waals surface area contributed by atoms with Gasteiger partial charge in [0.25, 0.3) is 0 Å². The van der Waals surface area contributed by atoms with Gasteiger partial charge in [-0.2, -0.15) is 9.67 Å². The van der Waals surface area contributed by atoms with Gasteiger partial charge in [-0.25, -0.2) is 14.8 Å². The van der Waals surface area contributed by atoms with Crippen LogP contribution in [0.4, 0.5) is 33.9 Å². The Labute approximate surface area is 231 Å². The van der Waals surface area contributed by atoms with Crippen LogP contribution in [-0.4, -0.2) is 86.9 Å². The molecule has 1 saturated heterocycles. The van der Waals surface area contributed by atoms with Crippen molar-refractivity contribution in [2.24, 2.45) is 0 Å². The first-order chi connectivity index (χ1) is 19.3. The number of amides is 3. The van der Waals surface area contributed by atoms with Crippen molar-refractivity contribution in [3.05, 3.63) is 36.7 Å². The Hall–Kier alpha value is -4.95. The summed E-state index contributed by atoms with van der Waals surface area (Å²) >= 11 is 0. The number of anilines is 5. The zero-order chi connectivity index (χ0) is 28.5. The molecule has 2 aromatic heterocycles. The fourth-order valence-electron chi connectivity index (χ4n) is 4.09. The normalized spacial score (nSPS) is 13.3. The number of rotatable bonds is 9. The second-order valence-corrected chi connectivity index (χ2v) is 8.92. The number of nitrogens with zero attached hydrogens (tertiary/aromatic N) is 7. The van der Waals surface area contributed by atoms with E-state index in [2.05, 4.69) is 40.9 Å². The summed E-state index contributed by atoms with van der Waals surface area (Å²) in [7, 11) is 0. The highest BCUT2D eigenvalue weighted by molar-refractivity contribution is 5.89. The molecule has 0 spiro atoms. The van der Waals surface area contributed by atoms with E-state index in [9.17, 15) is 14.4 Å². The Morgan fingerprint density at radius 3 is 2.52 bits per heavy atom. The average Bonchev–Trinajstić information content (AvgIpc) is 3.12. The molecule has 3 amide bonds. The molecule has 1 aliphatic heterocycles. The molecule has 0 radical (unpaired) electrons. The van der Waals surface area contributed by atoms with Gasteiger partial charge in [-0.3, -0.25) is 9.59 Å². The number of nitrogens with two attached hydrogens (primary N) is 1. The van der Waals surface area contributed by atoms with Crippen LogP contribution >= 0.6 is 0 Å². The number of benzene rings is 1. The minimum Gasteiger partial charge on any atom is -0.466 e. The van der Waals surface area contributed by atoms with E-state index in [1.165, 1.54) is 11.0 Å². The van der Waals surface area contributed by atoms with Crippen molar-refractivity contribution in [3.8, 4) is 5.82 Å². The first kappa shape index (κ1) is 28.1. The van der Waals surface area contributed by atoms with E-state index in [1.807, 2.05) is 4.90 Å². The highest BCUT2D eigenvalue weighted by atomic mass is 16.5. The number of hydrogen-bond donors (Lipinski definition) is 4. The molecule has 0 atom stereocenters. The Bertz CT molecular complexity index is 1330. The first-order valence-corrected chi connectivity index (χ1v) is 13.0. The van der Waals surface area contributed by atoms with Crippen LogP contribution in [0.2, 0.25) is 0 Å². The van der Waals surface area contributed by atoms with Gasteiger partial charge in [0.2, 0.25) is 17.8 Å². The summed E-state index contributed by atoms with van der Waals surface area (Å²) in [6, 6.07) is 8.27. The summed E-state index contributed by atoms with van der Waals surface area (Å²) in [5, 5.41) is 12.8. The number of hydrogen-bond acceptors (Lipinski definition) is 11. The van der Waals surface area contributed by atoms with Gasteiger partial charge in [-0.15, -0.1) is 5.10 Å². The van der Waals surface area contributed by atoms with Gasteiger partial charge in [-0.1, -0.05) is 0 Å². The van der Waals surface area contributed by atoms with E-state index in [0.717, 1.165) is 19.5 Å². The number of ether oxygens (including phenoxy) is 1. The molecule has 3 heterocycles. The fourth-order valence-corrected chi connectivity index (χ4v) is 4.09. The van der Waals surface area contributed by atoms with Gasteiger partial charge in [0, 0.05) is 57.1 Å². The monoisotopic (exact) mass is 551 g/mol. The van der Waals surface area contributed by atoms with Crippen molar-refractivity contribution in [2.75, 3.05) is 60.6 Å². The molecule has 0 aliphatic carbocycles. The number of urea groups is 1. The quantitative estimate of drug-likeness (QED) is 0.283. The van der Waals surface area contributed by atoms with Crippen LogP contribution in [0.5, 0.6) is 0 Å². The minimum absolute atomic E-state index is 0.0693. The molecule has 15 heteroatoms. The third kappa shape index (κ3) is 7.55. The highest BCUT2D eigenvalue weighted by Crippen LogP contribution is 2.21. The molecule has 4 rings (SSSR count).